The number of halogens is 1. The fraction of sp³-hybridized carbons (Fsp3) is 0.133. The number of carbonyl (C=O) groups is 1. The second-order valence-electron chi connectivity index (χ2n) is 3.98. The zero-order valence-electron chi connectivity index (χ0n) is 10.5. The van der Waals surface area contributed by atoms with E-state index in [1.54, 1.807) is 31.3 Å². The molecule has 0 radical (unpaired) electrons. The second kappa shape index (κ2) is 6.38. The van der Waals surface area contributed by atoms with Gasteiger partial charge in [-0.25, -0.2) is 4.39 Å². The van der Waals surface area contributed by atoms with Gasteiger partial charge in [-0.05, 0) is 24.3 Å². The Morgan fingerprint density at radius 3 is 2.16 bits per heavy atom. The van der Waals surface area contributed by atoms with E-state index in [0.717, 1.165) is 16.7 Å². The number of carbonyl (C=O) groups excluding carboxylic acids is 1. The van der Waals surface area contributed by atoms with Crippen LogP contribution < -0.4 is 4.90 Å². The Bertz CT molecular complexity index is 532. The van der Waals surface area contributed by atoms with Crippen molar-refractivity contribution in [3.8, 4) is 0 Å². The first-order valence-electron chi connectivity index (χ1n) is 5.87. The maximum atomic E-state index is 14.0. The van der Waals surface area contributed by atoms with Crippen LogP contribution in [0, 0.1) is 0 Å². The largest absolute Gasteiger partial charge is 0.312 e. The van der Waals surface area contributed by atoms with Crippen molar-refractivity contribution in [3.05, 3.63) is 60.7 Å². The number of alkyl halides is 1. The first kappa shape index (κ1) is 13.6. The lowest BCUT2D eigenvalue weighted by molar-refractivity contribution is -0.120. The normalized spacial score (nSPS) is 11.9. The second-order valence-corrected chi connectivity index (χ2v) is 5.10. The molecule has 0 saturated carbocycles. The molecule has 0 aromatic heterocycles. The van der Waals surface area contributed by atoms with E-state index in [1.807, 2.05) is 36.4 Å². The quantitative estimate of drug-likeness (QED) is 0.792. The van der Waals surface area contributed by atoms with Crippen molar-refractivity contribution in [2.75, 3.05) is 11.9 Å². The van der Waals surface area contributed by atoms with Gasteiger partial charge in [-0.1, -0.05) is 48.2 Å². The molecule has 1 atom stereocenters. The molecule has 0 heterocycles. The Morgan fingerprint density at radius 1 is 1.05 bits per heavy atom. The van der Waals surface area contributed by atoms with Crippen molar-refractivity contribution in [2.24, 2.45) is 0 Å². The highest BCUT2D eigenvalue weighted by molar-refractivity contribution is 8.00. The Balaban J connectivity index is 2.03. The maximum Gasteiger partial charge on any atom is 0.272 e. The van der Waals surface area contributed by atoms with Crippen molar-refractivity contribution in [3.63, 3.8) is 0 Å². The minimum absolute atomic E-state index is 0.556. The third-order valence-corrected chi connectivity index (χ3v) is 3.60. The summed E-state index contributed by atoms with van der Waals surface area (Å²) in [5, 5.41) is 0. The SMILES string of the molecule is CN(C(=O)C(F)Sc1ccccc1)c1ccccc1. The van der Waals surface area contributed by atoms with Crippen LogP contribution in [0.2, 0.25) is 0 Å². The van der Waals surface area contributed by atoms with Gasteiger partial charge in [0.25, 0.3) is 5.91 Å². The lowest BCUT2D eigenvalue weighted by Gasteiger charge is -2.19. The zero-order chi connectivity index (χ0) is 13.7. The molecule has 0 bridgehead atoms. The van der Waals surface area contributed by atoms with Crippen molar-refractivity contribution < 1.29 is 9.18 Å². The fourth-order valence-electron chi connectivity index (χ4n) is 1.60. The number of hydrogen-bond donors (Lipinski definition) is 0. The minimum Gasteiger partial charge on any atom is -0.312 e. The van der Waals surface area contributed by atoms with Gasteiger partial charge in [0, 0.05) is 17.6 Å². The lowest BCUT2D eigenvalue weighted by atomic mass is 10.3. The summed E-state index contributed by atoms with van der Waals surface area (Å²) in [4.78, 5) is 14.1. The molecule has 0 aliphatic rings. The van der Waals surface area contributed by atoms with Gasteiger partial charge in [0.2, 0.25) is 5.50 Å². The van der Waals surface area contributed by atoms with E-state index in [0.29, 0.717) is 5.69 Å². The molecule has 2 aromatic rings. The molecule has 0 N–H and O–H groups in total. The van der Waals surface area contributed by atoms with Crippen LogP contribution in [0.25, 0.3) is 0 Å². The van der Waals surface area contributed by atoms with Gasteiger partial charge < -0.3 is 4.90 Å². The Morgan fingerprint density at radius 2 is 1.58 bits per heavy atom. The number of rotatable bonds is 4. The summed E-state index contributed by atoms with van der Waals surface area (Å²) < 4.78 is 14.0. The molecule has 2 rings (SSSR count). The Labute approximate surface area is 116 Å². The summed E-state index contributed by atoms with van der Waals surface area (Å²) in [6, 6.07) is 18.1. The molecule has 0 aliphatic heterocycles. The highest BCUT2D eigenvalue weighted by Crippen LogP contribution is 2.26. The highest BCUT2D eigenvalue weighted by Gasteiger charge is 2.23. The smallest absolute Gasteiger partial charge is 0.272 e. The van der Waals surface area contributed by atoms with Crippen molar-refractivity contribution in [2.45, 2.75) is 10.4 Å². The van der Waals surface area contributed by atoms with Gasteiger partial charge in [-0.2, -0.15) is 0 Å². The summed E-state index contributed by atoms with van der Waals surface area (Å²) in [7, 11) is 1.58. The number of hydrogen-bond acceptors (Lipinski definition) is 2. The lowest BCUT2D eigenvalue weighted by Crippen LogP contribution is -2.32. The highest BCUT2D eigenvalue weighted by atomic mass is 32.2. The third-order valence-electron chi connectivity index (χ3n) is 2.65. The van der Waals surface area contributed by atoms with Crippen LogP contribution in [0.5, 0.6) is 0 Å². The van der Waals surface area contributed by atoms with E-state index in [9.17, 15) is 9.18 Å². The van der Waals surface area contributed by atoms with Crippen LogP contribution in [-0.2, 0) is 4.79 Å². The van der Waals surface area contributed by atoms with Crippen LogP contribution in [0.3, 0.4) is 0 Å². The van der Waals surface area contributed by atoms with E-state index in [2.05, 4.69) is 0 Å². The van der Waals surface area contributed by atoms with Gasteiger partial charge in [-0.15, -0.1) is 0 Å². The van der Waals surface area contributed by atoms with Gasteiger partial charge in [0.1, 0.15) is 0 Å². The fourth-order valence-corrected chi connectivity index (χ4v) is 2.41. The minimum atomic E-state index is -1.60. The number of benzene rings is 2. The van der Waals surface area contributed by atoms with Crippen molar-refractivity contribution in [1.29, 1.82) is 0 Å². The van der Waals surface area contributed by atoms with Gasteiger partial charge in [0.15, 0.2) is 0 Å². The molecule has 19 heavy (non-hydrogen) atoms. The number of thioether (sulfide) groups is 1. The molecular weight excluding hydrogens is 261 g/mol. The molecule has 1 amide bonds. The summed E-state index contributed by atoms with van der Waals surface area (Å²) in [6.45, 7) is 0. The first-order chi connectivity index (χ1) is 9.18. The van der Waals surface area contributed by atoms with E-state index in [1.165, 1.54) is 4.90 Å². The predicted octanol–water partition coefficient (Wildman–Crippen LogP) is 3.74. The predicted molar refractivity (Wildman–Crippen MR) is 77.0 cm³/mol. The molecule has 0 fully saturated rings. The molecule has 2 aromatic carbocycles. The van der Waals surface area contributed by atoms with E-state index in [-0.39, 0.29) is 0 Å². The Hall–Kier alpha value is -1.81. The van der Waals surface area contributed by atoms with E-state index >= 15 is 0 Å². The van der Waals surface area contributed by atoms with Crippen molar-refractivity contribution >= 4 is 23.4 Å². The molecular formula is C15H14FNOS. The third kappa shape index (κ3) is 3.58. The van der Waals surface area contributed by atoms with E-state index < -0.39 is 11.4 Å². The standard InChI is InChI=1S/C15H14FNOS/c1-17(12-8-4-2-5-9-12)15(18)14(16)19-13-10-6-3-7-11-13/h2-11,14H,1H3. The average Bonchev–Trinajstić information content (AvgIpc) is 2.47. The maximum absolute atomic E-state index is 14.0. The summed E-state index contributed by atoms with van der Waals surface area (Å²) in [6.07, 6.45) is 0. The molecule has 0 spiro atoms. The van der Waals surface area contributed by atoms with Crippen LogP contribution in [0.15, 0.2) is 65.6 Å². The number of anilines is 1. The first-order valence-corrected chi connectivity index (χ1v) is 6.75. The number of para-hydroxylation sites is 1. The molecule has 1 unspecified atom stereocenters. The summed E-state index contributed by atoms with van der Waals surface area (Å²) in [5.74, 6) is -0.556. The number of nitrogens with zero attached hydrogens (tertiary/aromatic N) is 1. The van der Waals surface area contributed by atoms with Crippen molar-refractivity contribution in [1.82, 2.24) is 0 Å². The summed E-state index contributed by atoms with van der Waals surface area (Å²) in [5.41, 5.74) is -0.920. The molecule has 0 saturated heterocycles. The monoisotopic (exact) mass is 275 g/mol. The molecule has 98 valence electrons. The topological polar surface area (TPSA) is 20.3 Å². The zero-order valence-corrected chi connectivity index (χ0v) is 11.3. The van der Waals surface area contributed by atoms with Crippen LogP contribution in [-0.4, -0.2) is 18.5 Å². The molecule has 2 nitrogen and oxygen atoms in total. The van der Waals surface area contributed by atoms with Crippen LogP contribution in [0.4, 0.5) is 10.1 Å². The molecule has 4 heteroatoms. The van der Waals surface area contributed by atoms with Crippen LogP contribution >= 0.6 is 11.8 Å². The average molecular weight is 275 g/mol. The van der Waals surface area contributed by atoms with Crippen LogP contribution in [0.1, 0.15) is 0 Å². The van der Waals surface area contributed by atoms with E-state index in [4.69, 9.17) is 0 Å². The number of amides is 1. The van der Waals surface area contributed by atoms with Gasteiger partial charge in [0.05, 0.1) is 0 Å². The Kier molecular flexibility index (Phi) is 4.58. The van der Waals surface area contributed by atoms with Gasteiger partial charge in [-0.3, -0.25) is 4.79 Å². The summed E-state index contributed by atoms with van der Waals surface area (Å²) >= 11 is 0.917. The molecule has 0 aliphatic carbocycles. The van der Waals surface area contributed by atoms with Gasteiger partial charge >= 0.3 is 0 Å².